The lowest BCUT2D eigenvalue weighted by atomic mass is 10.1. The Kier molecular flexibility index (Phi) is 4.29. The highest BCUT2D eigenvalue weighted by molar-refractivity contribution is 5.87. The van der Waals surface area contributed by atoms with Crippen LogP contribution in [0.1, 0.15) is 28.1 Å². The second-order valence-electron chi connectivity index (χ2n) is 6.74. The van der Waals surface area contributed by atoms with Crippen molar-refractivity contribution < 1.29 is 4.39 Å². The minimum atomic E-state index is -0.198. The topological polar surface area (TPSA) is 17.8 Å². The third-order valence-corrected chi connectivity index (χ3v) is 5.07. The van der Waals surface area contributed by atoms with Crippen LogP contribution in [0, 0.1) is 19.7 Å². The molecule has 0 radical (unpaired) electrons. The Hall–Kier alpha value is -2.94. The zero-order chi connectivity index (χ0) is 18.1. The van der Waals surface area contributed by atoms with E-state index < -0.39 is 0 Å². The van der Waals surface area contributed by atoms with Crippen molar-refractivity contribution >= 4 is 10.9 Å². The van der Waals surface area contributed by atoms with E-state index in [1.807, 2.05) is 18.3 Å². The van der Waals surface area contributed by atoms with Crippen LogP contribution in [0.2, 0.25) is 0 Å². The van der Waals surface area contributed by atoms with E-state index >= 15 is 0 Å². The number of aromatic nitrogens is 2. The molecule has 0 bridgehead atoms. The Morgan fingerprint density at radius 2 is 1.69 bits per heavy atom. The van der Waals surface area contributed by atoms with Gasteiger partial charge in [0.2, 0.25) is 0 Å². The maximum absolute atomic E-state index is 13.6. The van der Waals surface area contributed by atoms with Gasteiger partial charge < -0.3 is 4.57 Å². The monoisotopic (exact) mass is 344 g/mol. The Balaban J connectivity index is 1.85. The molecule has 3 heteroatoms. The van der Waals surface area contributed by atoms with Gasteiger partial charge >= 0.3 is 0 Å². The van der Waals surface area contributed by atoms with Crippen molar-refractivity contribution in [3.05, 3.63) is 101 Å². The van der Waals surface area contributed by atoms with Crippen molar-refractivity contribution in [1.82, 2.24) is 9.55 Å². The summed E-state index contributed by atoms with van der Waals surface area (Å²) in [5.41, 5.74) is 6.86. The summed E-state index contributed by atoms with van der Waals surface area (Å²) in [6, 6.07) is 19.3. The standard InChI is InChI=1S/C23H21FN2/c1-16-17(2)26(15-19-9-6-10-20(24)13-19)23-21(16)11-12-25-22(23)14-18-7-4-3-5-8-18/h3-13H,14-15H2,1-2H3. The van der Waals surface area contributed by atoms with Gasteiger partial charge in [0.25, 0.3) is 0 Å². The molecule has 0 saturated heterocycles. The summed E-state index contributed by atoms with van der Waals surface area (Å²) in [7, 11) is 0. The predicted molar refractivity (Wildman–Crippen MR) is 104 cm³/mol. The van der Waals surface area contributed by atoms with E-state index in [9.17, 15) is 4.39 Å². The Morgan fingerprint density at radius 3 is 2.46 bits per heavy atom. The first kappa shape index (κ1) is 16.5. The van der Waals surface area contributed by atoms with Gasteiger partial charge in [-0.2, -0.15) is 0 Å². The minimum Gasteiger partial charge on any atom is -0.339 e. The fourth-order valence-corrected chi connectivity index (χ4v) is 3.60. The van der Waals surface area contributed by atoms with Crippen LogP contribution in [0.5, 0.6) is 0 Å². The number of fused-ring (bicyclic) bond motifs is 1. The number of benzene rings is 2. The molecule has 4 rings (SSSR count). The van der Waals surface area contributed by atoms with Crippen LogP contribution in [0.25, 0.3) is 10.9 Å². The predicted octanol–water partition coefficient (Wildman–Crippen LogP) is 5.43. The molecular weight excluding hydrogens is 323 g/mol. The van der Waals surface area contributed by atoms with Crippen LogP contribution in [0.3, 0.4) is 0 Å². The van der Waals surface area contributed by atoms with E-state index in [-0.39, 0.29) is 5.82 Å². The zero-order valence-electron chi connectivity index (χ0n) is 15.0. The van der Waals surface area contributed by atoms with Crippen LogP contribution in [-0.4, -0.2) is 9.55 Å². The lowest BCUT2D eigenvalue weighted by Crippen LogP contribution is -2.05. The number of hydrogen-bond donors (Lipinski definition) is 0. The summed E-state index contributed by atoms with van der Waals surface area (Å²) < 4.78 is 15.9. The van der Waals surface area contributed by atoms with E-state index in [2.05, 4.69) is 53.7 Å². The van der Waals surface area contributed by atoms with Crippen LogP contribution < -0.4 is 0 Å². The SMILES string of the molecule is Cc1c(C)n(Cc2cccc(F)c2)c2c(Cc3ccccc3)nccc12. The molecule has 0 atom stereocenters. The third kappa shape index (κ3) is 3.01. The molecular formula is C23H21FN2. The van der Waals surface area contributed by atoms with Gasteiger partial charge in [0.15, 0.2) is 0 Å². The Labute approximate surface area is 152 Å². The molecule has 0 aliphatic carbocycles. The van der Waals surface area contributed by atoms with Crippen LogP contribution in [0.4, 0.5) is 4.39 Å². The molecule has 2 heterocycles. The Morgan fingerprint density at radius 1 is 0.923 bits per heavy atom. The van der Waals surface area contributed by atoms with Crippen molar-refractivity contribution in [2.45, 2.75) is 26.8 Å². The number of hydrogen-bond acceptors (Lipinski definition) is 1. The molecule has 4 aromatic rings. The smallest absolute Gasteiger partial charge is 0.123 e. The van der Waals surface area contributed by atoms with Gasteiger partial charge in [-0.1, -0.05) is 42.5 Å². The molecule has 0 spiro atoms. The number of rotatable bonds is 4. The first-order valence-electron chi connectivity index (χ1n) is 8.85. The molecule has 0 N–H and O–H groups in total. The summed E-state index contributed by atoms with van der Waals surface area (Å²) in [5, 5.41) is 1.22. The van der Waals surface area contributed by atoms with Gasteiger partial charge in [0, 0.05) is 30.2 Å². The summed E-state index contributed by atoms with van der Waals surface area (Å²) in [4.78, 5) is 4.68. The zero-order valence-corrected chi connectivity index (χ0v) is 15.0. The molecule has 0 saturated carbocycles. The van der Waals surface area contributed by atoms with Crippen LogP contribution in [0.15, 0.2) is 66.9 Å². The molecule has 2 nitrogen and oxygen atoms in total. The van der Waals surface area contributed by atoms with Gasteiger partial charge in [-0.15, -0.1) is 0 Å². The normalized spacial score (nSPS) is 11.2. The number of pyridine rings is 1. The van der Waals surface area contributed by atoms with Gasteiger partial charge in [0.1, 0.15) is 5.82 Å². The summed E-state index contributed by atoms with van der Waals surface area (Å²) >= 11 is 0. The fraction of sp³-hybridized carbons (Fsp3) is 0.174. The van der Waals surface area contributed by atoms with Crippen molar-refractivity contribution in [2.24, 2.45) is 0 Å². The lowest BCUT2D eigenvalue weighted by molar-refractivity contribution is 0.623. The average Bonchev–Trinajstić information content (AvgIpc) is 2.89. The lowest BCUT2D eigenvalue weighted by Gasteiger charge is -2.12. The van der Waals surface area contributed by atoms with Gasteiger partial charge in [0.05, 0.1) is 11.2 Å². The van der Waals surface area contributed by atoms with Crippen molar-refractivity contribution in [1.29, 1.82) is 0 Å². The van der Waals surface area contributed by atoms with E-state index in [4.69, 9.17) is 0 Å². The first-order valence-corrected chi connectivity index (χ1v) is 8.85. The van der Waals surface area contributed by atoms with E-state index in [0.29, 0.717) is 6.54 Å². The largest absolute Gasteiger partial charge is 0.339 e. The second-order valence-corrected chi connectivity index (χ2v) is 6.74. The minimum absolute atomic E-state index is 0.198. The first-order chi connectivity index (χ1) is 12.6. The maximum Gasteiger partial charge on any atom is 0.123 e. The molecule has 2 aromatic heterocycles. The molecule has 130 valence electrons. The molecule has 0 unspecified atom stereocenters. The van der Waals surface area contributed by atoms with Crippen molar-refractivity contribution in [3.63, 3.8) is 0 Å². The molecule has 26 heavy (non-hydrogen) atoms. The van der Waals surface area contributed by atoms with E-state index in [1.54, 1.807) is 12.1 Å². The van der Waals surface area contributed by atoms with Crippen LogP contribution >= 0.6 is 0 Å². The molecule has 0 aliphatic heterocycles. The highest BCUT2D eigenvalue weighted by atomic mass is 19.1. The number of halogens is 1. The summed E-state index contributed by atoms with van der Waals surface area (Å²) in [6.45, 7) is 4.91. The molecule has 0 amide bonds. The Bertz CT molecular complexity index is 1060. The third-order valence-electron chi connectivity index (χ3n) is 5.07. The van der Waals surface area contributed by atoms with Crippen molar-refractivity contribution in [2.75, 3.05) is 0 Å². The van der Waals surface area contributed by atoms with E-state index in [1.165, 1.54) is 28.3 Å². The quantitative estimate of drug-likeness (QED) is 0.482. The molecule has 0 fully saturated rings. The van der Waals surface area contributed by atoms with Gasteiger partial charge in [-0.25, -0.2) is 4.39 Å². The number of aryl methyl sites for hydroxylation is 1. The second kappa shape index (κ2) is 6.75. The maximum atomic E-state index is 13.6. The highest BCUT2D eigenvalue weighted by Crippen LogP contribution is 2.29. The van der Waals surface area contributed by atoms with Crippen LogP contribution in [-0.2, 0) is 13.0 Å². The average molecular weight is 344 g/mol. The highest BCUT2D eigenvalue weighted by Gasteiger charge is 2.16. The fourth-order valence-electron chi connectivity index (χ4n) is 3.60. The molecule has 0 aliphatic rings. The van der Waals surface area contributed by atoms with Gasteiger partial charge in [-0.05, 0) is 48.7 Å². The van der Waals surface area contributed by atoms with Crippen molar-refractivity contribution in [3.8, 4) is 0 Å². The summed E-state index contributed by atoms with van der Waals surface area (Å²) in [6.07, 6.45) is 2.67. The van der Waals surface area contributed by atoms with Gasteiger partial charge in [-0.3, -0.25) is 4.98 Å². The molecule has 2 aromatic carbocycles. The van der Waals surface area contributed by atoms with E-state index in [0.717, 1.165) is 23.2 Å². The number of nitrogens with zero attached hydrogens (tertiary/aromatic N) is 2. The summed E-state index contributed by atoms with van der Waals surface area (Å²) in [5.74, 6) is -0.198.